The SMILES string of the molecule is C[C@@H]1Oc2ccccc2C=C1/C=C/[C@@]12NC(=O)CCN1c1ccccc1C2(C)C. The average Bonchev–Trinajstić information content (AvgIpc) is 2.90. The number of carbonyl (C=O) groups is 1. The molecule has 1 saturated heterocycles. The largest absolute Gasteiger partial charge is 0.485 e. The maximum absolute atomic E-state index is 12.5. The minimum absolute atomic E-state index is 0.0443. The number of hydrogen-bond acceptors (Lipinski definition) is 3. The molecular formula is C25H26N2O2. The number of rotatable bonds is 2. The van der Waals surface area contributed by atoms with Crippen molar-refractivity contribution in [2.24, 2.45) is 0 Å². The van der Waals surface area contributed by atoms with Gasteiger partial charge in [-0.2, -0.15) is 0 Å². The molecule has 29 heavy (non-hydrogen) atoms. The summed E-state index contributed by atoms with van der Waals surface area (Å²) < 4.78 is 6.11. The van der Waals surface area contributed by atoms with Crippen molar-refractivity contribution in [3.8, 4) is 5.75 Å². The maximum atomic E-state index is 12.5. The molecule has 0 radical (unpaired) electrons. The van der Waals surface area contributed by atoms with Gasteiger partial charge in [0.25, 0.3) is 0 Å². The Kier molecular flexibility index (Phi) is 3.89. The summed E-state index contributed by atoms with van der Waals surface area (Å²) in [5, 5.41) is 3.33. The summed E-state index contributed by atoms with van der Waals surface area (Å²) in [5.74, 6) is 1.01. The van der Waals surface area contributed by atoms with Crippen LogP contribution in [-0.4, -0.2) is 24.2 Å². The number of benzene rings is 2. The molecule has 2 atom stereocenters. The molecule has 3 heterocycles. The molecule has 3 aliphatic heterocycles. The second-order valence-corrected chi connectivity index (χ2v) is 8.63. The Labute approximate surface area is 171 Å². The van der Waals surface area contributed by atoms with E-state index in [0.29, 0.717) is 13.0 Å². The van der Waals surface area contributed by atoms with Crippen LogP contribution in [0.2, 0.25) is 0 Å². The molecule has 0 bridgehead atoms. The van der Waals surface area contributed by atoms with Crippen LogP contribution in [0.25, 0.3) is 6.08 Å². The van der Waals surface area contributed by atoms with E-state index in [9.17, 15) is 4.79 Å². The molecular weight excluding hydrogens is 360 g/mol. The van der Waals surface area contributed by atoms with Crippen molar-refractivity contribution in [2.45, 2.75) is 44.4 Å². The van der Waals surface area contributed by atoms with Crippen LogP contribution in [0, 0.1) is 0 Å². The molecule has 2 aromatic rings. The second kappa shape index (κ2) is 6.24. The number of amides is 1. The topological polar surface area (TPSA) is 41.6 Å². The number of fused-ring (bicyclic) bond motifs is 4. The van der Waals surface area contributed by atoms with Gasteiger partial charge in [0.1, 0.15) is 17.5 Å². The highest BCUT2D eigenvalue weighted by atomic mass is 16.5. The van der Waals surface area contributed by atoms with Gasteiger partial charge < -0.3 is 15.0 Å². The van der Waals surface area contributed by atoms with Gasteiger partial charge in [0.15, 0.2) is 0 Å². The highest BCUT2D eigenvalue weighted by molar-refractivity contribution is 5.84. The minimum atomic E-state index is -0.594. The van der Waals surface area contributed by atoms with Crippen LogP contribution in [0.5, 0.6) is 5.75 Å². The molecule has 1 amide bonds. The van der Waals surface area contributed by atoms with E-state index in [4.69, 9.17) is 4.74 Å². The number of nitrogens with one attached hydrogen (secondary N) is 1. The summed E-state index contributed by atoms with van der Waals surface area (Å²) in [4.78, 5) is 14.9. The summed E-state index contributed by atoms with van der Waals surface area (Å²) >= 11 is 0. The quantitative estimate of drug-likeness (QED) is 0.831. The standard InChI is InChI=1S/C25H26N2O2/c1-17-18(16-19-8-4-7-11-22(19)29-17)12-14-25-24(2,3)20-9-5-6-10-21(20)27(25)15-13-23(28)26-25/h4-12,14,16-17H,13,15H2,1-3H3,(H,26,28)/b14-12+/t17-,25+/m0/s1. The smallest absolute Gasteiger partial charge is 0.223 e. The van der Waals surface area contributed by atoms with Gasteiger partial charge in [-0.3, -0.25) is 4.79 Å². The van der Waals surface area contributed by atoms with Crippen LogP contribution in [0.15, 0.2) is 66.3 Å². The summed E-state index contributed by atoms with van der Waals surface area (Å²) in [6.07, 6.45) is 6.95. The molecule has 148 valence electrons. The number of carbonyl (C=O) groups excluding carboxylic acids is 1. The van der Waals surface area contributed by atoms with Crippen molar-refractivity contribution >= 4 is 17.7 Å². The fourth-order valence-corrected chi connectivity index (χ4v) is 4.98. The minimum Gasteiger partial charge on any atom is -0.485 e. The Hall–Kier alpha value is -3.01. The maximum Gasteiger partial charge on any atom is 0.223 e. The Balaban J connectivity index is 1.60. The fraction of sp³-hybridized carbons (Fsp3) is 0.320. The van der Waals surface area contributed by atoms with Crippen LogP contribution in [0.1, 0.15) is 38.3 Å². The van der Waals surface area contributed by atoms with Crippen LogP contribution >= 0.6 is 0 Å². The zero-order chi connectivity index (χ0) is 20.2. The molecule has 0 unspecified atom stereocenters. The molecule has 3 aliphatic rings. The first-order valence-corrected chi connectivity index (χ1v) is 10.3. The third kappa shape index (κ3) is 2.55. The third-order valence-corrected chi connectivity index (χ3v) is 6.67. The first-order chi connectivity index (χ1) is 13.9. The highest BCUT2D eigenvalue weighted by Crippen LogP contribution is 2.52. The van der Waals surface area contributed by atoms with E-state index in [1.165, 1.54) is 11.3 Å². The van der Waals surface area contributed by atoms with E-state index < -0.39 is 5.66 Å². The van der Waals surface area contributed by atoms with Crippen LogP contribution in [0.4, 0.5) is 5.69 Å². The predicted octanol–water partition coefficient (Wildman–Crippen LogP) is 4.42. The molecule has 0 spiro atoms. The Morgan fingerprint density at radius 2 is 1.90 bits per heavy atom. The van der Waals surface area contributed by atoms with Crippen LogP contribution in [-0.2, 0) is 10.2 Å². The van der Waals surface area contributed by atoms with E-state index in [2.05, 4.69) is 79.5 Å². The summed E-state index contributed by atoms with van der Waals surface area (Å²) in [6, 6.07) is 16.6. The van der Waals surface area contributed by atoms with Crippen molar-refractivity contribution in [1.82, 2.24) is 5.32 Å². The van der Waals surface area contributed by atoms with Crippen molar-refractivity contribution in [3.63, 3.8) is 0 Å². The van der Waals surface area contributed by atoms with Crippen molar-refractivity contribution in [2.75, 3.05) is 11.4 Å². The highest BCUT2D eigenvalue weighted by Gasteiger charge is 2.57. The summed E-state index contributed by atoms with van der Waals surface area (Å²) in [6.45, 7) is 7.21. The number of ether oxygens (including phenoxy) is 1. The van der Waals surface area contributed by atoms with Crippen LogP contribution < -0.4 is 15.0 Å². The first-order valence-electron chi connectivity index (χ1n) is 10.3. The molecule has 0 aromatic heterocycles. The number of hydrogen-bond donors (Lipinski definition) is 1. The van der Waals surface area contributed by atoms with Crippen molar-refractivity contribution < 1.29 is 9.53 Å². The Bertz CT molecular complexity index is 1050. The molecule has 0 saturated carbocycles. The zero-order valence-electron chi connectivity index (χ0n) is 17.1. The average molecular weight is 386 g/mol. The van der Waals surface area contributed by atoms with Gasteiger partial charge in [-0.25, -0.2) is 0 Å². The lowest BCUT2D eigenvalue weighted by Gasteiger charge is -2.49. The zero-order valence-corrected chi connectivity index (χ0v) is 17.1. The summed E-state index contributed by atoms with van der Waals surface area (Å²) in [7, 11) is 0. The van der Waals surface area contributed by atoms with Crippen LogP contribution in [0.3, 0.4) is 0 Å². The normalized spacial score (nSPS) is 26.9. The summed E-state index contributed by atoms with van der Waals surface area (Å²) in [5.41, 5.74) is 3.79. The molecule has 4 heteroatoms. The second-order valence-electron chi connectivity index (χ2n) is 8.63. The third-order valence-electron chi connectivity index (χ3n) is 6.67. The molecule has 4 nitrogen and oxygen atoms in total. The van der Waals surface area contributed by atoms with E-state index in [-0.39, 0.29) is 17.4 Å². The van der Waals surface area contributed by atoms with Gasteiger partial charge in [0, 0.05) is 29.6 Å². The number of para-hydroxylation sites is 2. The van der Waals surface area contributed by atoms with Gasteiger partial charge >= 0.3 is 0 Å². The first kappa shape index (κ1) is 18.0. The van der Waals surface area contributed by atoms with Crippen molar-refractivity contribution in [3.05, 3.63) is 77.4 Å². The lowest BCUT2D eigenvalue weighted by Crippen LogP contribution is -2.68. The number of anilines is 1. The molecule has 5 rings (SSSR count). The predicted molar refractivity (Wildman–Crippen MR) is 116 cm³/mol. The lowest BCUT2D eigenvalue weighted by atomic mass is 9.74. The van der Waals surface area contributed by atoms with E-state index in [0.717, 1.165) is 16.9 Å². The molecule has 1 fully saturated rings. The molecule has 0 aliphatic carbocycles. The van der Waals surface area contributed by atoms with Gasteiger partial charge in [0.05, 0.1) is 0 Å². The van der Waals surface area contributed by atoms with E-state index in [1.807, 2.05) is 18.2 Å². The van der Waals surface area contributed by atoms with E-state index >= 15 is 0 Å². The number of nitrogens with zero attached hydrogens (tertiary/aromatic N) is 1. The van der Waals surface area contributed by atoms with Gasteiger partial charge in [-0.1, -0.05) is 56.3 Å². The Morgan fingerprint density at radius 1 is 1.14 bits per heavy atom. The van der Waals surface area contributed by atoms with Gasteiger partial charge in [-0.05, 0) is 42.3 Å². The molecule has 2 aromatic carbocycles. The molecule has 1 N–H and O–H groups in total. The lowest BCUT2D eigenvalue weighted by molar-refractivity contribution is -0.124. The fourth-order valence-electron chi connectivity index (χ4n) is 4.98. The Morgan fingerprint density at radius 3 is 2.76 bits per heavy atom. The van der Waals surface area contributed by atoms with E-state index in [1.54, 1.807) is 0 Å². The van der Waals surface area contributed by atoms with Crippen molar-refractivity contribution in [1.29, 1.82) is 0 Å². The van der Waals surface area contributed by atoms with Gasteiger partial charge in [-0.15, -0.1) is 0 Å². The van der Waals surface area contributed by atoms with Gasteiger partial charge in [0.2, 0.25) is 5.91 Å². The monoisotopic (exact) mass is 386 g/mol.